The molecule has 3 nitrogen and oxygen atoms in total. The average Bonchev–Trinajstić information content (AvgIpc) is 3.05. The second-order valence-electron chi connectivity index (χ2n) is 5.63. The molecule has 0 saturated heterocycles. The Bertz CT molecular complexity index is 610. The molecule has 1 aromatic heterocycles. The van der Waals surface area contributed by atoms with Crippen LogP contribution in [0.4, 0.5) is 0 Å². The summed E-state index contributed by atoms with van der Waals surface area (Å²) in [4.78, 5) is 4.33. The number of halogens is 1. The predicted molar refractivity (Wildman–Crippen MR) is 112 cm³/mol. The first-order valence-electron chi connectivity index (χ1n) is 7.66. The molecule has 1 heterocycles. The van der Waals surface area contributed by atoms with Crippen LogP contribution in [0.1, 0.15) is 42.5 Å². The minimum absolute atomic E-state index is 0. The molecular weight excluding hydrogens is 417 g/mol. The van der Waals surface area contributed by atoms with Crippen LogP contribution in [-0.4, -0.2) is 19.6 Å². The van der Waals surface area contributed by atoms with Crippen LogP contribution >= 0.6 is 35.3 Å². The number of benzene rings is 1. The minimum atomic E-state index is 0. The Balaban J connectivity index is 0.00000264. The van der Waals surface area contributed by atoms with Crippen molar-refractivity contribution in [2.24, 2.45) is 4.99 Å². The third kappa shape index (κ3) is 5.80. The summed E-state index contributed by atoms with van der Waals surface area (Å²) in [6.45, 7) is 7.41. The van der Waals surface area contributed by atoms with Crippen molar-refractivity contribution >= 4 is 41.3 Å². The zero-order valence-corrected chi connectivity index (χ0v) is 17.3. The Hall–Kier alpha value is -1.08. The van der Waals surface area contributed by atoms with E-state index in [2.05, 4.69) is 77.5 Å². The molecule has 2 N–H and O–H groups in total. The summed E-state index contributed by atoms with van der Waals surface area (Å²) in [7, 11) is 1.81. The Morgan fingerprint density at radius 1 is 1.22 bits per heavy atom. The number of hydrogen-bond acceptors (Lipinski definition) is 2. The highest BCUT2D eigenvalue weighted by molar-refractivity contribution is 14.0. The lowest BCUT2D eigenvalue weighted by molar-refractivity contribution is 0.656. The maximum atomic E-state index is 4.33. The molecule has 126 valence electrons. The van der Waals surface area contributed by atoms with Gasteiger partial charge in [0.25, 0.3) is 0 Å². The number of aliphatic imine (C=N–C) groups is 1. The second-order valence-corrected chi connectivity index (χ2v) is 6.41. The molecule has 0 spiro atoms. The van der Waals surface area contributed by atoms with Crippen molar-refractivity contribution in [2.75, 3.05) is 13.6 Å². The molecule has 5 heteroatoms. The first-order valence-corrected chi connectivity index (χ1v) is 8.61. The third-order valence-electron chi connectivity index (χ3n) is 3.92. The SMILES string of the molecule is CN=C(NCC(C)c1ccsc1)NC(C)c1ccccc1C.I. The third-order valence-corrected chi connectivity index (χ3v) is 4.62. The smallest absolute Gasteiger partial charge is 0.191 e. The van der Waals surface area contributed by atoms with E-state index in [1.54, 1.807) is 11.3 Å². The van der Waals surface area contributed by atoms with Crippen LogP contribution in [0.3, 0.4) is 0 Å². The molecule has 0 amide bonds. The number of guanidine groups is 1. The van der Waals surface area contributed by atoms with Crippen LogP contribution < -0.4 is 10.6 Å². The van der Waals surface area contributed by atoms with Crippen LogP contribution in [0.25, 0.3) is 0 Å². The zero-order valence-electron chi connectivity index (χ0n) is 14.2. The van der Waals surface area contributed by atoms with Gasteiger partial charge in [-0.1, -0.05) is 31.2 Å². The average molecular weight is 443 g/mol. The molecular formula is C18H26IN3S. The molecule has 2 aromatic rings. The van der Waals surface area contributed by atoms with Crippen LogP contribution in [-0.2, 0) is 0 Å². The fourth-order valence-corrected chi connectivity index (χ4v) is 3.26. The summed E-state index contributed by atoms with van der Waals surface area (Å²) in [5.41, 5.74) is 3.97. The Morgan fingerprint density at radius 3 is 2.57 bits per heavy atom. The van der Waals surface area contributed by atoms with Crippen molar-refractivity contribution in [3.63, 3.8) is 0 Å². The molecule has 0 fully saturated rings. The van der Waals surface area contributed by atoms with Crippen LogP contribution in [0, 0.1) is 6.92 Å². The van der Waals surface area contributed by atoms with Crippen molar-refractivity contribution < 1.29 is 0 Å². The number of hydrogen-bond donors (Lipinski definition) is 2. The lowest BCUT2D eigenvalue weighted by Gasteiger charge is -2.21. The van der Waals surface area contributed by atoms with E-state index < -0.39 is 0 Å². The zero-order chi connectivity index (χ0) is 15.9. The van der Waals surface area contributed by atoms with E-state index in [9.17, 15) is 0 Å². The lowest BCUT2D eigenvalue weighted by Crippen LogP contribution is -2.40. The van der Waals surface area contributed by atoms with Gasteiger partial charge >= 0.3 is 0 Å². The van der Waals surface area contributed by atoms with E-state index in [4.69, 9.17) is 0 Å². The molecule has 0 radical (unpaired) electrons. The van der Waals surface area contributed by atoms with E-state index in [1.807, 2.05) is 7.05 Å². The van der Waals surface area contributed by atoms with Crippen molar-refractivity contribution in [3.8, 4) is 0 Å². The normalized spacial score (nSPS) is 13.8. The topological polar surface area (TPSA) is 36.4 Å². The molecule has 0 aliphatic carbocycles. The molecule has 0 aliphatic heterocycles. The van der Waals surface area contributed by atoms with Crippen molar-refractivity contribution in [1.29, 1.82) is 0 Å². The predicted octanol–water partition coefficient (Wildman–Crippen LogP) is 4.70. The number of thiophene rings is 1. The molecule has 0 aliphatic rings. The van der Waals surface area contributed by atoms with Gasteiger partial charge in [0.05, 0.1) is 6.04 Å². The summed E-state index contributed by atoms with van der Waals surface area (Å²) in [5.74, 6) is 1.32. The first kappa shape index (κ1) is 20.0. The Kier molecular flexibility index (Phi) is 8.62. The van der Waals surface area contributed by atoms with Crippen molar-refractivity contribution in [1.82, 2.24) is 10.6 Å². The maximum Gasteiger partial charge on any atom is 0.191 e. The lowest BCUT2D eigenvalue weighted by atomic mass is 10.0. The highest BCUT2D eigenvalue weighted by Gasteiger charge is 2.11. The fraction of sp³-hybridized carbons (Fsp3) is 0.389. The monoisotopic (exact) mass is 443 g/mol. The van der Waals surface area contributed by atoms with Gasteiger partial charge < -0.3 is 10.6 Å². The molecule has 0 saturated carbocycles. The summed E-state index contributed by atoms with van der Waals surface area (Å²) in [5, 5.41) is 11.2. The van der Waals surface area contributed by atoms with Crippen LogP contribution in [0.2, 0.25) is 0 Å². The van der Waals surface area contributed by atoms with E-state index in [1.165, 1.54) is 16.7 Å². The number of nitrogens with zero attached hydrogens (tertiary/aromatic N) is 1. The Labute approximate surface area is 160 Å². The summed E-state index contributed by atoms with van der Waals surface area (Å²) in [6.07, 6.45) is 0. The van der Waals surface area contributed by atoms with E-state index in [-0.39, 0.29) is 30.0 Å². The summed E-state index contributed by atoms with van der Waals surface area (Å²) < 4.78 is 0. The van der Waals surface area contributed by atoms with Crippen LogP contribution in [0.5, 0.6) is 0 Å². The maximum absolute atomic E-state index is 4.33. The van der Waals surface area contributed by atoms with Crippen molar-refractivity contribution in [2.45, 2.75) is 32.7 Å². The van der Waals surface area contributed by atoms with Gasteiger partial charge in [0.15, 0.2) is 5.96 Å². The van der Waals surface area contributed by atoms with Gasteiger partial charge in [-0.15, -0.1) is 24.0 Å². The molecule has 0 bridgehead atoms. The van der Waals surface area contributed by atoms with Gasteiger partial charge in [0.1, 0.15) is 0 Å². The largest absolute Gasteiger partial charge is 0.356 e. The standard InChI is InChI=1S/C18H25N3S.HI/c1-13-7-5-6-8-17(13)15(3)21-18(19-4)20-11-14(2)16-9-10-22-12-16;/h5-10,12,14-15H,11H2,1-4H3,(H2,19,20,21);1H. The highest BCUT2D eigenvalue weighted by Crippen LogP contribution is 2.18. The summed E-state index contributed by atoms with van der Waals surface area (Å²) >= 11 is 1.74. The van der Waals surface area contributed by atoms with E-state index >= 15 is 0 Å². The van der Waals surface area contributed by atoms with Gasteiger partial charge in [-0.3, -0.25) is 4.99 Å². The summed E-state index contributed by atoms with van der Waals surface area (Å²) in [6, 6.07) is 10.9. The van der Waals surface area contributed by atoms with E-state index in [0.29, 0.717) is 5.92 Å². The highest BCUT2D eigenvalue weighted by atomic mass is 127. The van der Waals surface area contributed by atoms with E-state index in [0.717, 1.165) is 12.5 Å². The first-order chi connectivity index (χ1) is 10.6. The number of aryl methyl sites for hydroxylation is 1. The minimum Gasteiger partial charge on any atom is -0.356 e. The number of nitrogens with one attached hydrogen (secondary N) is 2. The van der Waals surface area contributed by atoms with Crippen LogP contribution in [0.15, 0.2) is 46.1 Å². The molecule has 1 aromatic carbocycles. The molecule has 2 rings (SSSR count). The van der Waals surface area contributed by atoms with Gasteiger partial charge in [-0.25, -0.2) is 0 Å². The number of rotatable bonds is 5. The van der Waals surface area contributed by atoms with Gasteiger partial charge in [-0.2, -0.15) is 11.3 Å². The second kappa shape index (κ2) is 9.93. The quantitative estimate of drug-likeness (QED) is 0.399. The molecule has 23 heavy (non-hydrogen) atoms. The van der Waals surface area contributed by atoms with Gasteiger partial charge in [-0.05, 0) is 53.3 Å². The fourth-order valence-electron chi connectivity index (χ4n) is 2.47. The Morgan fingerprint density at radius 2 is 1.96 bits per heavy atom. The molecule has 2 atom stereocenters. The van der Waals surface area contributed by atoms with Gasteiger partial charge in [0.2, 0.25) is 0 Å². The molecule has 2 unspecified atom stereocenters. The van der Waals surface area contributed by atoms with Gasteiger partial charge in [0, 0.05) is 13.6 Å². The van der Waals surface area contributed by atoms with Crippen molar-refractivity contribution in [3.05, 3.63) is 57.8 Å².